The molecule has 8 heteroatoms. The van der Waals surface area contributed by atoms with Gasteiger partial charge in [-0.25, -0.2) is 14.4 Å². The quantitative estimate of drug-likeness (QED) is 0.108. The van der Waals surface area contributed by atoms with Gasteiger partial charge in [0.15, 0.2) is 0 Å². The first kappa shape index (κ1) is 32.2. The van der Waals surface area contributed by atoms with Crippen LogP contribution in [0.2, 0.25) is 0 Å². The zero-order chi connectivity index (χ0) is 30.3. The summed E-state index contributed by atoms with van der Waals surface area (Å²) < 4.78 is 20.9. The standard InChI is InChI=1S/C34H40O8/c1-4-6-7-8-9-10-21-39-33(37)42-29-19-20-30(32(35)36)31(22-29)27-13-11-25(12-14-27)26-15-17-28(18-16-26)41-34(38)40-23-24(3)5-2/h11-20,22,24H,4-10,21,23H2,1-3H3,(H,35,36). The Balaban J connectivity index is 1.63. The first-order valence-electron chi connectivity index (χ1n) is 14.6. The van der Waals surface area contributed by atoms with Crippen LogP contribution >= 0.6 is 0 Å². The number of unbranched alkanes of at least 4 members (excludes halogenated alkanes) is 5. The average Bonchev–Trinajstić information content (AvgIpc) is 2.99. The maximum absolute atomic E-state index is 12.2. The summed E-state index contributed by atoms with van der Waals surface area (Å²) in [5.74, 6) is -0.256. The summed E-state index contributed by atoms with van der Waals surface area (Å²) in [6.07, 6.45) is 5.80. The highest BCUT2D eigenvalue weighted by atomic mass is 16.7. The largest absolute Gasteiger partial charge is 0.513 e. The summed E-state index contributed by atoms with van der Waals surface area (Å²) >= 11 is 0. The lowest BCUT2D eigenvalue weighted by Gasteiger charge is -2.12. The van der Waals surface area contributed by atoms with Crippen LogP contribution in [0.25, 0.3) is 22.3 Å². The van der Waals surface area contributed by atoms with Gasteiger partial charge in [0, 0.05) is 0 Å². The van der Waals surface area contributed by atoms with Crippen LogP contribution in [-0.4, -0.2) is 36.6 Å². The lowest BCUT2D eigenvalue weighted by Crippen LogP contribution is -2.15. The van der Waals surface area contributed by atoms with Gasteiger partial charge in [-0.3, -0.25) is 0 Å². The molecule has 0 aromatic heterocycles. The zero-order valence-electron chi connectivity index (χ0n) is 24.6. The van der Waals surface area contributed by atoms with Gasteiger partial charge >= 0.3 is 18.3 Å². The number of carboxylic acids is 1. The van der Waals surface area contributed by atoms with Crippen LogP contribution in [0.15, 0.2) is 66.7 Å². The summed E-state index contributed by atoms with van der Waals surface area (Å²) in [4.78, 5) is 36.0. The highest BCUT2D eigenvalue weighted by Crippen LogP contribution is 2.31. The fourth-order valence-corrected chi connectivity index (χ4v) is 4.19. The molecular weight excluding hydrogens is 536 g/mol. The van der Waals surface area contributed by atoms with E-state index in [0.717, 1.165) is 36.8 Å². The van der Waals surface area contributed by atoms with Gasteiger partial charge in [-0.05, 0) is 64.9 Å². The molecule has 0 aliphatic rings. The number of rotatable bonds is 15. The van der Waals surface area contributed by atoms with E-state index in [9.17, 15) is 19.5 Å². The molecule has 1 unspecified atom stereocenters. The van der Waals surface area contributed by atoms with Gasteiger partial charge in [0.25, 0.3) is 0 Å². The van der Waals surface area contributed by atoms with Crippen LogP contribution in [0.5, 0.6) is 11.5 Å². The van der Waals surface area contributed by atoms with Crippen LogP contribution in [0.4, 0.5) is 9.59 Å². The molecule has 3 aromatic carbocycles. The van der Waals surface area contributed by atoms with Gasteiger partial charge in [-0.1, -0.05) is 95.7 Å². The molecule has 42 heavy (non-hydrogen) atoms. The molecule has 1 N–H and O–H groups in total. The van der Waals surface area contributed by atoms with E-state index in [1.165, 1.54) is 37.5 Å². The van der Waals surface area contributed by atoms with E-state index in [2.05, 4.69) is 6.92 Å². The number of benzene rings is 3. The second-order valence-corrected chi connectivity index (χ2v) is 10.3. The summed E-state index contributed by atoms with van der Waals surface area (Å²) in [6.45, 7) is 6.77. The lowest BCUT2D eigenvalue weighted by atomic mass is 9.96. The molecule has 0 fully saturated rings. The fourth-order valence-electron chi connectivity index (χ4n) is 4.19. The predicted octanol–water partition coefficient (Wildman–Crippen LogP) is 9.16. The Hall–Kier alpha value is -4.33. The number of carbonyl (C=O) groups is 3. The van der Waals surface area contributed by atoms with E-state index in [1.54, 1.807) is 24.3 Å². The van der Waals surface area contributed by atoms with Crippen molar-refractivity contribution in [1.29, 1.82) is 0 Å². The van der Waals surface area contributed by atoms with Gasteiger partial charge in [0.05, 0.1) is 18.8 Å². The fraction of sp³-hybridized carbons (Fsp3) is 0.382. The van der Waals surface area contributed by atoms with E-state index in [1.807, 2.05) is 38.1 Å². The third-order valence-corrected chi connectivity index (χ3v) is 6.91. The van der Waals surface area contributed by atoms with Crippen LogP contribution in [0.1, 0.15) is 76.1 Å². The van der Waals surface area contributed by atoms with Gasteiger partial charge < -0.3 is 24.1 Å². The minimum absolute atomic E-state index is 0.0808. The summed E-state index contributed by atoms with van der Waals surface area (Å²) in [7, 11) is 0. The van der Waals surface area contributed by atoms with Crippen molar-refractivity contribution >= 4 is 18.3 Å². The number of hydrogen-bond donors (Lipinski definition) is 1. The molecule has 0 spiro atoms. The first-order valence-corrected chi connectivity index (χ1v) is 14.6. The van der Waals surface area contributed by atoms with Gasteiger partial charge in [-0.15, -0.1) is 0 Å². The Kier molecular flexibility index (Phi) is 12.9. The topological polar surface area (TPSA) is 108 Å². The van der Waals surface area contributed by atoms with Crippen LogP contribution < -0.4 is 9.47 Å². The second-order valence-electron chi connectivity index (χ2n) is 10.3. The molecule has 0 radical (unpaired) electrons. The number of ether oxygens (including phenoxy) is 4. The van der Waals surface area contributed by atoms with Crippen molar-refractivity contribution in [2.24, 2.45) is 5.92 Å². The van der Waals surface area contributed by atoms with E-state index in [4.69, 9.17) is 18.9 Å². The molecule has 1 atom stereocenters. The van der Waals surface area contributed by atoms with E-state index < -0.39 is 18.3 Å². The van der Waals surface area contributed by atoms with Gasteiger partial charge in [-0.2, -0.15) is 0 Å². The molecule has 3 rings (SSSR count). The molecular formula is C34H40O8. The number of carboxylic acid groups (broad SMARTS) is 1. The highest BCUT2D eigenvalue weighted by molar-refractivity contribution is 5.96. The van der Waals surface area contributed by atoms with Crippen molar-refractivity contribution in [3.8, 4) is 33.8 Å². The molecule has 0 aliphatic carbocycles. The lowest BCUT2D eigenvalue weighted by molar-refractivity contribution is 0.0697. The van der Waals surface area contributed by atoms with Gasteiger partial charge in [0.1, 0.15) is 11.5 Å². The Morgan fingerprint density at radius 2 is 1.24 bits per heavy atom. The first-order chi connectivity index (χ1) is 20.3. The van der Waals surface area contributed by atoms with E-state index in [0.29, 0.717) is 23.5 Å². The average molecular weight is 577 g/mol. The summed E-state index contributed by atoms with van der Waals surface area (Å²) in [5, 5.41) is 9.74. The predicted molar refractivity (Wildman–Crippen MR) is 161 cm³/mol. The van der Waals surface area contributed by atoms with Crippen molar-refractivity contribution in [1.82, 2.24) is 0 Å². The minimum atomic E-state index is -1.09. The molecule has 0 saturated heterocycles. The van der Waals surface area contributed by atoms with Crippen LogP contribution in [0.3, 0.4) is 0 Å². The molecule has 0 heterocycles. The van der Waals surface area contributed by atoms with Crippen molar-refractivity contribution in [2.45, 2.75) is 65.7 Å². The number of carbonyl (C=O) groups excluding carboxylic acids is 2. The van der Waals surface area contributed by atoms with Crippen LogP contribution in [0, 0.1) is 5.92 Å². The number of hydrogen-bond acceptors (Lipinski definition) is 7. The smallest absolute Gasteiger partial charge is 0.478 e. The van der Waals surface area contributed by atoms with Crippen molar-refractivity contribution < 1.29 is 38.4 Å². The van der Waals surface area contributed by atoms with Crippen molar-refractivity contribution in [3.63, 3.8) is 0 Å². The maximum Gasteiger partial charge on any atom is 0.513 e. The van der Waals surface area contributed by atoms with Crippen LogP contribution in [-0.2, 0) is 9.47 Å². The third-order valence-electron chi connectivity index (χ3n) is 6.91. The number of aromatic carboxylic acids is 1. The minimum Gasteiger partial charge on any atom is -0.478 e. The maximum atomic E-state index is 12.2. The molecule has 0 amide bonds. The molecule has 8 nitrogen and oxygen atoms in total. The second kappa shape index (κ2) is 16.8. The monoisotopic (exact) mass is 576 g/mol. The van der Waals surface area contributed by atoms with Crippen molar-refractivity contribution in [3.05, 3.63) is 72.3 Å². The highest BCUT2D eigenvalue weighted by Gasteiger charge is 2.16. The Bertz CT molecular complexity index is 1300. The molecule has 0 aliphatic heterocycles. The third kappa shape index (κ3) is 10.3. The van der Waals surface area contributed by atoms with Gasteiger partial charge in [0.2, 0.25) is 0 Å². The summed E-state index contributed by atoms with van der Waals surface area (Å²) in [6, 6.07) is 18.7. The van der Waals surface area contributed by atoms with E-state index >= 15 is 0 Å². The summed E-state index contributed by atoms with van der Waals surface area (Å²) in [5.41, 5.74) is 2.90. The normalized spacial score (nSPS) is 11.4. The zero-order valence-corrected chi connectivity index (χ0v) is 24.6. The molecule has 3 aromatic rings. The SMILES string of the molecule is CCCCCCCCOC(=O)Oc1ccc(C(=O)O)c(-c2ccc(-c3ccc(OC(=O)OCC(C)CC)cc3)cc2)c1. The Labute approximate surface area is 247 Å². The molecule has 0 bridgehead atoms. The van der Waals surface area contributed by atoms with Crippen molar-refractivity contribution in [2.75, 3.05) is 13.2 Å². The van der Waals surface area contributed by atoms with E-state index in [-0.39, 0.29) is 23.8 Å². The molecule has 224 valence electrons. The Morgan fingerprint density at radius 1 is 0.690 bits per heavy atom. The Morgan fingerprint density at radius 3 is 1.88 bits per heavy atom. The molecule has 0 saturated carbocycles.